The molecule has 0 spiro atoms. The predicted octanol–water partition coefficient (Wildman–Crippen LogP) is 4.96. The van der Waals surface area contributed by atoms with Gasteiger partial charge in [-0.25, -0.2) is 4.98 Å². The number of hydrogen-bond acceptors (Lipinski definition) is 5. The standard InChI is InChI=1S/C28H23N3O3/c32-25-11-8-19(14-26(25)33)17-29-16-18-6-9-21(10-7-18)27-22(20-4-2-1-3-5-20)15-23-24(31-27)12-13-30-28(23)34/h1-15,29,32-33H,16-17H2,(H,30,34). The van der Waals surface area contributed by atoms with E-state index in [0.717, 1.165) is 33.5 Å². The summed E-state index contributed by atoms with van der Waals surface area (Å²) in [6.07, 6.45) is 1.62. The number of aromatic amines is 1. The first kappa shape index (κ1) is 21.4. The van der Waals surface area contributed by atoms with E-state index in [0.29, 0.717) is 24.0 Å². The van der Waals surface area contributed by atoms with Crippen molar-refractivity contribution in [3.8, 4) is 33.9 Å². The van der Waals surface area contributed by atoms with Crippen molar-refractivity contribution in [2.24, 2.45) is 0 Å². The molecular weight excluding hydrogens is 426 g/mol. The van der Waals surface area contributed by atoms with E-state index >= 15 is 0 Å². The lowest BCUT2D eigenvalue weighted by molar-refractivity contribution is 0.403. The summed E-state index contributed by atoms with van der Waals surface area (Å²) < 4.78 is 0. The summed E-state index contributed by atoms with van der Waals surface area (Å²) in [6.45, 7) is 1.21. The summed E-state index contributed by atoms with van der Waals surface area (Å²) in [6, 6.07) is 26.6. The van der Waals surface area contributed by atoms with Crippen molar-refractivity contribution in [1.29, 1.82) is 0 Å². The van der Waals surface area contributed by atoms with Crippen LogP contribution in [0, 0.1) is 0 Å². The number of phenolic OH excluding ortho intramolecular Hbond substituents is 2. The minimum absolute atomic E-state index is 0.122. The highest BCUT2D eigenvalue weighted by atomic mass is 16.3. The van der Waals surface area contributed by atoms with Crippen molar-refractivity contribution >= 4 is 10.9 Å². The van der Waals surface area contributed by atoms with Gasteiger partial charge in [0, 0.05) is 30.4 Å². The Morgan fingerprint density at radius 1 is 0.765 bits per heavy atom. The SMILES string of the molecule is O=c1[nH]ccc2nc(-c3ccc(CNCc4ccc(O)c(O)c4)cc3)c(-c3ccccc3)cc12. The van der Waals surface area contributed by atoms with E-state index in [1.807, 2.05) is 54.6 Å². The van der Waals surface area contributed by atoms with E-state index < -0.39 is 0 Å². The van der Waals surface area contributed by atoms with Crippen LogP contribution < -0.4 is 10.9 Å². The van der Waals surface area contributed by atoms with E-state index in [4.69, 9.17) is 4.98 Å². The van der Waals surface area contributed by atoms with Crippen LogP contribution in [0.1, 0.15) is 11.1 Å². The Hall–Kier alpha value is -4.42. The van der Waals surface area contributed by atoms with Crippen molar-refractivity contribution < 1.29 is 10.2 Å². The minimum atomic E-state index is -0.155. The third-order valence-electron chi connectivity index (χ3n) is 5.76. The molecule has 0 radical (unpaired) electrons. The van der Waals surface area contributed by atoms with Crippen LogP contribution in [0.25, 0.3) is 33.3 Å². The molecule has 0 unspecified atom stereocenters. The number of rotatable bonds is 6. The molecular formula is C28H23N3O3. The molecule has 0 bridgehead atoms. The Morgan fingerprint density at radius 2 is 1.50 bits per heavy atom. The largest absolute Gasteiger partial charge is 0.504 e. The lowest BCUT2D eigenvalue weighted by Crippen LogP contribution is -2.12. The summed E-state index contributed by atoms with van der Waals surface area (Å²) in [7, 11) is 0. The Labute approximate surface area is 196 Å². The molecule has 0 fully saturated rings. The molecule has 5 rings (SSSR count). The van der Waals surface area contributed by atoms with Gasteiger partial charge in [-0.15, -0.1) is 0 Å². The minimum Gasteiger partial charge on any atom is -0.504 e. The second-order valence-corrected chi connectivity index (χ2v) is 8.11. The van der Waals surface area contributed by atoms with E-state index in [1.54, 1.807) is 18.3 Å². The molecule has 0 saturated heterocycles. The highest BCUT2D eigenvalue weighted by Gasteiger charge is 2.13. The van der Waals surface area contributed by atoms with Gasteiger partial charge >= 0.3 is 0 Å². The molecule has 0 amide bonds. The van der Waals surface area contributed by atoms with Crippen LogP contribution in [-0.2, 0) is 13.1 Å². The average molecular weight is 450 g/mol. The number of nitrogens with one attached hydrogen (secondary N) is 2. The Kier molecular flexibility index (Phi) is 5.81. The maximum atomic E-state index is 12.4. The predicted molar refractivity (Wildman–Crippen MR) is 134 cm³/mol. The van der Waals surface area contributed by atoms with Crippen molar-refractivity contribution in [3.05, 3.63) is 113 Å². The monoisotopic (exact) mass is 449 g/mol. The summed E-state index contributed by atoms with van der Waals surface area (Å²) >= 11 is 0. The molecule has 168 valence electrons. The number of hydrogen-bond donors (Lipinski definition) is 4. The molecule has 2 aromatic heterocycles. The Bertz CT molecular complexity index is 1510. The zero-order valence-corrected chi connectivity index (χ0v) is 18.3. The molecule has 0 saturated carbocycles. The number of pyridine rings is 2. The maximum absolute atomic E-state index is 12.4. The fraction of sp³-hybridized carbons (Fsp3) is 0.0714. The van der Waals surface area contributed by atoms with Crippen LogP contribution in [-0.4, -0.2) is 20.2 Å². The van der Waals surface area contributed by atoms with Gasteiger partial charge in [0.25, 0.3) is 5.56 Å². The van der Waals surface area contributed by atoms with Crippen LogP contribution >= 0.6 is 0 Å². The molecule has 2 heterocycles. The molecule has 5 aromatic rings. The van der Waals surface area contributed by atoms with E-state index in [2.05, 4.69) is 22.4 Å². The van der Waals surface area contributed by atoms with Crippen molar-refractivity contribution in [3.63, 3.8) is 0 Å². The van der Waals surface area contributed by atoms with Gasteiger partial charge in [-0.1, -0.05) is 60.7 Å². The van der Waals surface area contributed by atoms with E-state index in [-0.39, 0.29) is 17.1 Å². The number of aromatic nitrogens is 2. The fourth-order valence-electron chi connectivity index (χ4n) is 3.98. The molecule has 3 aromatic carbocycles. The fourth-order valence-corrected chi connectivity index (χ4v) is 3.98. The molecule has 0 aliphatic heterocycles. The van der Waals surface area contributed by atoms with Crippen molar-refractivity contribution in [2.45, 2.75) is 13.1 Å². The number of aromatic hydroxyl groups is 2. The summed E-state index contributed by atoms with van der Waals surface area (Å²) in [5.74, 6) is -0.246. The highest BCUT2D eigenvalue weighted by molar-refractivity contribution is 5.91. The van der Waals surface area contributed by atoms with E-state index in [1.165, 1.54) is 6.07 Å². The van der Waals surface area contributed by atoms with Crippen LogP contribution in [0.2, 0.25) is 0 Å². The second kappa shape index (κ2) is 9.21. The van der Waals surface area contributed by atoms with Crippen LogP contribution in [0.5, 0.6) is 11.5 Å². The van der Waals surface area contributed by atoms with Gasteiger partial charge in [0.2, 0.25) is 0 Å². The van der Waals surface area contributed by atoms with Crippen molar-refractivity contribution in [1.82, 2.24) is 15.3 Å². The zero-order chi connectivity index (χ0) is 23.5. The summed E-state index contributed by atoms with van der Waals surface area (Å²) in [5.41, 5.74) is 6.18. The first-order valence-electron chi connectivity index (χ1n) is 11.0. The number of H-pyrrole nitrogens is 1. The lowest BCUT2D eigenvalue weighted by atomic mass is 9.97. The normalized spacial score (nSPS) is 11.1. The topological polar surface area (TPSA) is 98.2 Å². The van der Waals surface area contributed by atoms with Gasteiger partial charge in [0.05, 0.1) is 16.6 Å². The van der Waals surface area contributed by atoms with Gasteiger partial charge in [-0.05, 0) is 41.0 Å². The van der Waals surface area contributed by atoms with Gasteiger partial charge in [-0.3, -0.25) is 4.79 Å². The molecule has 34 heavy (non-hydrogen) atoms. The molecule has 0 aliphatic carbocycles. The smallest absolute Gasteiger partial charge is 0.257 e. The third kappa shape index (κ3) is 4.40. The first-order valence-corrected chi connectivity index (χ1v) is 11.0. The number of nitrogens with zero attached hydrogens (tertiary/aromatic N) is 1. The Morgan fingerprint density at radius 3 is 2.26 bits per heavy atom. The Balaban J connectivity index is 1.42. The van der Waals surface area contributed by atoms with Crippen LogP contribution in [0.3, 0.4) is 0 Å². The number of phenols is 2. The molecule has 6 nitrogen and oxygen atoms in total. The van der Waals surface area contributed by atoms with Gasteiger partial charge in [-0.2, -0.15) is 0 Å². The second-order valence-electron chi connectivity index (χ2n) is 8.11. The lowest BCUT2D eigenvalue weighted by Gasteiger charge is -2.12. The maximum Gasteiger partial charge on any atom is 0.257 e. The summed E-state index contributed by atoms with van der Waals surface area (Å²) in [5, 5.41) is 23.0. The van der Waals surface area contributed by atoms with E-state index in [9.17, 15) is 15.0 Å². The average Bonchev–Trinajstić information content (AvgIpc) is 2.87. The quantitative estimate of drug-likeness (QED) is 0.275. The molecule has 0 aliphatic rings. The first-order chi connectivity index (χ1) is 16.6. The zero-order valence-electron chi connectivity index (χ0n) is 18.3. The molecule has 4 N–H and O–H groups in total. The van der Waals surface area contributed by atoms with Crippen molar-refractivity contribution in [2.75, 3.05) is 0 Å². The van der Waals surface area contributed by atoms with Gasteiger partial charge < -0.3 is 20.5 Å². The molecule has 0 atom stereocenters. The van der Waals surface area contributed by atoms with Crippen LogP contribution in [0.4, 0.5) is 0 Å². The van der Waals surface area contributed by atoms with Gasteiger partial charge in [0.15, 0.2) is 11.5 Å². The highest BCUT2D eigenvalue weighted by Crippen LogP contribution is 2.32. The number of fused-ring (bicyclic) bond motifs is 1. The molecule has 6 heteroatoms. The van der Waals surface area contributed by atoms with Gasteiger partial charge in [0.1, 0.15) is 0 Å². The third-order valence-corrected chi connectivity index (χ3v) is 5.76. The summed E-state index contributed by atoms with van der Waals surface area (Å²) in [4.78, 5) is 19.9. The van der Waals surface area contributed by atoms with Crippen LogP contribution in [0.15, 0.2) is 95.9 Å². The number of benzene rings is 3.